The van der Waals surface area contributed by atoms with Crippen molar-refractivity contribution >= 4 is 11.7 Å². The number of carbonyl (C=O) groups is 1. The number of carbonyl (C=O) groups excluding carboxylic acids is 1. The lowest BCUT2D eigenvalue weighted by Gasteiger charge is -2.17. The normalized spacial score (nSPS) is 11.4. The van der Waals surface area contributed by atoms with Gasteiger partial charge < -0.3 is 24.5 Å². The van der Waals surface area contributed by atoms with Crippen LogP contribution in [0.2, 0.25) is 0 Å². The van der Waals surface area contributed by atoms with Gasteiger partial charge in [0.2, 0.25) is 11.8 Å². The van der Waals surface area contributed by atoms with Crippen LogP contribution in [-0.2, 0) is 0 Å². The highest BCUT2D eigenvalue weighted by Gasteiger charge is 2.24. The van der Waals surface area contributed by atoms with Crippen LogP contribution in [-0.4, -0.2) is 30.4 Å². The van der Waals surface area contributed by atoms with Gasteiger partial charge in [-0.3, -0.25) is 0 Å². The Labute approximate surface area is 185 Å². The molecule has 162 valence electrons. The van der Waals surface area contributed by atoms with Crippen molar-refractivity contribution in [1.82, 2.24) is 15.5 Å². The molecule has 1 aromatic heterocycles. The summed E-state index contributed by atoms with van der Waals surface area (Å²) in [5.74, 6) is 1.73. The number of hydrogen-bond acceptors (Lipinski definition) is 6. The highest BCUT2D eigenvalue weighted by atomic mass is 16.5. The Morgan fingerprint density at radius 3 is 2.31 bits per heavy atom. The highest BCUT2D eigenvalue weighted by Crippen LogP contribution is 2.29. The third-order valence-electron chi connectivity index (χ3n) is 4.77. The summed E-state index contributed by atoms with van der Waals surface area (Å²) < 4.78 is 16.5. The van der Waals surface area contributed by atoms with Gasteiger partial charge >= 0.3 is 6.03 Å². The molecule has 0 aliphatic carbocycles. The maximum absolute atomic E-state index is 12.9. The van der Waals surface area contributed by atoms with Crippen molar-refractivity contribution in [3.63, 3.8) is 0 Å². The molecular formula is C24H22N4O4. The predicted octanol–water partition coefficient (Wildman–Crippen LogP) is 4.66. The van der Waals surface area contributed by atoms with E-state index in [-0.39, 0.29) is 5.89 Å². The number of benzene rings is 3. The number of rotatable bonds is 7. The van der Waals surface area contributed by atoms with E-state index in [1.165, 1.54) is 7.11 Å². The molecule has 8 nitrogen and oxygen atoms in total. The van der Waals surface area contributed by atoms with Crippen molar-refractivity contribution in [3.8, 4) is 23.0 Å². The lowest BCUT2D eigenvalue weighted by molar-refractivity contribution is 0.248. The first kappa shape index (κ1) is 20.9. The van der Waals surface area contributed by atoms with Crippen LogP contribution in [0.25, 0.3) is 11.5 Å². The lowest BCUT2D eigenvalue weighted by atomic mass is 10.1. The molecule has 0 bridgehead atoms. The topological polar surface area (TPSA) is 98.5 Å². The maximum atomic E-state index is 12.9. The van der Waals surface area contributed by atoms with Crippen LogP contribution in [0.15, 0.2) is 83.3 Å². The summed E-state index contributed by atoms with van der Waals surface area (Å²) in [7, 11) is 3.08. The summed E-state index contributed by atoms with van der Waals surface area (Å²) in [6.45, 7) is 0. The van der Waals surface area contributed by atoms with Gasteiger partial charge in [-0.05, 0) is 29.8 Å². The number of methoxy groups -OCH3 is 2. The molecule has 0 radical (unpaired) electrons. The van der Waals surface area contributed by atoms with Crippen molar-refractivity contribution in [1.29, 1.82) is 0 Å². The van der Waals surface area contributed by atoms with Crippen molar-refractivity contribution in [2.45, 2.75) is 6.04 Å². The molecule has 0 saturated carbocycles. The van der Waals surface area contributed by atoms with Gasteiger partial charge in [-0.15, -0.1) is 10.2 Å². The van der Waals surface area contributed by atoms with Crippen LogP contribution in [0.3, 0.4) is 0 Å². The summed E-state index contributed by atoms with van der Waals surface area (Å²) in [6, 6.07) is 22.9. The molecule has 4 rings (SSSR count). The van der Waals surface area contributed by atoms with Gasteiger partial charge in [-0.25, -0.2) is 4.79 Å². The average molecular weight is 430 g/mol. The van der Waals surface area contributed by atoms with Gasteiger partial charge in [-0.2, -0.15) is 0 Å². The van der Waals surface area contributed by atoms with E-state index in [1.807, 2.05) is 60.7 Å². The van der Waals surface area contributed by atoms with Crippen LogP contribution in [0.4, 0.5) is 10.5 Å². The van der Waals surface area contributed by atoms with Crippen molar-refractivity contribution in [2.75, 3.05) is 19.5 Å². The SMILES string of the molecule is COc1ccc(OC)c(NC(=O)N[C@@H](c2ccccc2)c2nnc(-c3ccccc3)o2)c1. The summed E-state index contributed by atoms with van der Waals surface area (Å²) in [5, 5.41) is 14.0. The maximum Gasteiger partial charge on any atom is 0.320 e. The van der Waals surface area contributed by atoms with Gasteiger partial charge in [0.1, 0.15) is 17.5 Å². The second-order valence-corrected chi connectivity index (χ2v) is 6.82. The van der Waals surface area contributed by atoms with Crippen LogP contribution < -0.4 is 20.1 Å². The molecule has 0 saturated heterocycles. The van der Waals surface area contributed by atoms with Crippen molar-refractivity contribution in [2.24, 2.45) is 0 Å². The molecule has 3 aromatic carbocycles. The minimum absolute atomic E-state index is 0.266. The Morgan fingerprint density at radius 1 is 0.906 bits per heavy atom. The van der Waals surface area contributed by atoms with Crippen LogP contribution >= 0.6 is 0 Å². The Morgan fingerprint density at radius 2 is 1.62 bits per heavy atom. The van der Waals surface area contributed by atoms with E-state index in [0.717, 1.165) is 11.1 Å². The monoisotopic (exact) mass is 430 g/mol. The standard InChI is InChI=1S/C24H22N4O4/c1-30-18-13-14-20(31-2)19(15-18)25-24(29)26-21(16-9-5-3-6-10-16)23-28-27-22(32-23)17-11-7-4-8-12-17/h3-15,21H,1-2H3,(H2,25,26,29)/t21-/m0/s1. The molecule has 1 atom stereocenters. The molecule has 0 spiro atoms. The number of urea groups is 1. The molecule has 0 fully saturated rings. The third-order valence-corrected chi connectivity index (χ3v) is 4.77. The Kier molecular flexibility index (Phi) is 6.31. The first-order valence-corrected chi connectivity index (χ1v) is 9.91. The fraction of sp³-hybridized carbons (Fsp3) is 0.125. The fourth-order valence-corrected chi connectivity index (χ4v) is 3.18. The molecule has 2 amide bonds. The fourth-order valence-electron chi connectivity index (χ4n) is 3.18. The van der Waals surface area contributed by atoms with Gasteiger partial charge in [-0.1, -0.05) is 48.5 Å². The molecule has 32 heavy (non-hydrogen) atoms. The molecule has 2 N–H and O–H groups in total. The number of aromatic nitrogens is 2. The smallest absolute Gasteiger partial charge is 0.320 e. The third kappa shape index (κ3) is 4.70. The molecular weight excluding hydrogens is 408 g/mol. The Bertz CT molecular complexity index is 1180. The van der Waals surface area contributed by atoms with Crippen LogP contribution in [0, 0.1) is 0 Å². The average Bonchev–Trinajstić information content (AvgIpc) is 3.33. The van der Waals surface area contributed by atoms with Gasteiger partial charge in [0.15, 0.2) is 0 Å². The summed E-state index contributed by atoms with van der Waals surface area (Å²) >= 11 is 0. The zero-order valence-corrected chi connectivity index (χ0v) is 17.6. The van der Waals surface area contributed by atoms with E-state index >= 15 is 0 Å². The van der Waals surface area contributed by atoms with E-state index in [9.17, 15) is 4.79 Å². The van der Waals surface area contributed by atoms with Gasteiger partial charge in [0.25, 0.3) is 0 Å². The number of nitrogens with zero attached hydrogens (tertiary/aromatic N) is 2. The lowest BCUT2D eigenvalue weighted by Crippen LogP contribution is -2.33. The largest absolute Gasteiger partial charge is 0.497 e. The van der Waals surface area contributed by atoms with Crippen LogP contribution in [0.1, 0.15) is 17.5 Å². The summed E-state index contributed by atoms with van der Waals surface area (Å²) in [4.78, 5) is 12.9. The van der Waals surface area contributed by atoms with Gasteiger partial charge in [0.05, 0.1) is 19.9 Å². The van der Waals surface area contributed by atoms with Gasteiger partial charge in [0, 0.05) is 11.6 Å². The van der Waals surface area contributed by atoms with E-state index in [1.54, 1.807) is 25.3 Å². The molecule has 0 unspecified atom stereocenters. The predicted molar refractivity (Wildman–Crippen MR) is 120 cm³/mol. The highest BCUT2D eigenvalue weighted by molar-refractivity contribution is 5.91. The molecule has 4 aromatic rings. The van der Waals surface area contributed by atoms with Crippen molar-refractivity contribution in [3.05, 3.63) is 90.3 Å². The molecule has 0 aliphatic heterocycles. The quantitative estimate of drug-likeness (QED) is 0.442. The Balaban J connectivity index is 1.60. The zero-order chi connectivity index (χ0) is 22.3. The van der Waals surface area contributed by atoms with Crippen LogP contribution in [0.5, 0.6) is 11.5 Å². The zero-order valence-electron chi connectivity index (χ0n) is 17.6. The minimum atomic E-state index is -0.655. The number of hydrogen-bond donors (Lipinski definition) is 2. The van der Waals surface area contributed by atoms with E-state index in [2.05, 4.69) is 20.8 Å². The van der Waals surface area contributed by atoms with E-state index < -0.39 is 12.1 Å². The summed E-state index contributed by atoms with van der Waals surface area (Å²) in [6.07, 6.45) is 0. The number of anilines is 1. The second-order valence-electron chi connectivity index (χ2n) is 6.82. The molecule has 0 aliphatic rings. The number of ether oxygens (including phenoxy) is 2. The number of amides is 2. The minimum Gasteiger partial charge on any atom is -0.497 e. The molecule has 1 heterocycles. The first-order chi connectivity index (χ1) is 15.7. The molecule has 8 heteroatoms. The number of nitrogens with one attached hydrogen (secondary N) is 2. The summed E-state index contributed by atoms with van der Waals surface area (Å²) in [5.41, 5.74) is 2.05. The second kappa shape index (κ2) is 9.65. The van der Waals surface area contributed by atoms with E-state index in [0.29, 0.717) is 23.1 Å². The van der Waals surface area contributed by atoms with Crippen molar-refractivity contribution < 1.29 is 18.7 Å². The first-order valence-electron chi connectivity index (χ1n) is 9.91. The Hall–Kier alpha value is -4.33. The van der Waals surface area contributed by atoms with E-state index in [4.69, 9.17) is 13.9 Å².